The van der Waals surface area contributed by atoms with Crippen molar-refractivity contribution in [2.75, 3.05) is 7.11 Å². The third-order valence-corrected chi connectivity index (χ3v) is 3.94. The standard InChI is InChI=1S/C17H23NO4/c1-11(19)13-8-9-15(16(10-13)21-3)22-12(2)17(20)18-14-6-4-5-7-14/h8-10,12,14H,4-7H2,1-3H3,(H,18,20)/t12-/m0/s1. The molecule has 0 spiro atoms. The van der Waals surface area contributed by atoms with Gasteiger partial charge in [-0.25, -0.2) is 0 Å². The third kappa shape index (κ3) is 4.00. The maximum absolute atomic E-state index is 12.1. The van der Waals surface area contributed by atoms with Crippen molar-refractivity contribution in [2.24, 2.45) is 0 Å². The zero-order chi connectivity index (χ0) is 16.1. The van der Waals surface area contributed by atoms with E-state index in [9.17, 15) is 9.59 Å². The summed E-state index contributed by atoms with van der Waals surface area (Å²) >= 11 is 0. The number of carbonyl (C=O) groups excluding carboxylic acids is 2. The molecule has 2 rings (SSSR count). The lowest BCUT2D eigenvalue weighted by Crippen LogP contribution is -2.41. The highest BCUT2D eigenvalue weighted by atomic mass is 16.5. The Hall–Kier alpha value is -2.04. The molecule has 1 amide bonds. The van der Waals surface area contributed by atoms with Gasteiger partial charge in [0.15, 0.2) is 23.4 Å². The predicted octanol–water partition coefficient (Wildman–Crippen LogP) is 2.72. The fraction of sp³-hybridized carbons (Fsp3) is 0.529. The number of benzene rings is 1. The molecule has 120 valence electrons. The van der Waals surface area contributed by atoms with Crippen molar-refractivity contribution < 1.29 is 19.1 Å². The van der Waals surface area contributed by atoms with Crippen LogP contribution in [0.2, 0.25) is 0 Å². The number of methoxy groups -OCH3 is 1. The Balaban J connectivity index is 2.02. The molecule has 0 heterocycles. The van der Waals surface area contributed by atoms with Gasteiger partial charge < -0.3 is 14.8 Å². The van der Waals surface area contributed by atoms with Gasteiger partial charge in [-0.2, -0.15) is 0 Å². The minimum absolute atomic E-state index is 0.0446. The summed E-state index contributed by atoms with van der Waals surface area (Å²) in [6.45, 7) is 3.20. The second-order valence-electron chi connectivity index (χ2n) is 5.67. The van der Waals surface area contributed by atoms with Gasteiger partial charge in [0, 0.05) is 11.6 Å². The SMILES string of the molecule is COc1cc(C(C)=O)ccc1O[C@@H](C)C(=O)NC1CCCC1. The van der Waals surface area contributed by atoms with Crippen LogP contribution >= 0.6 is 0 Å². The summed E-state index contributed by atoms with van der Waals surface area (Å²) in [5.74, 6) is 0.747. The Morgan fingerprint density at radius 3 is 2.50 bits per heavy atom. The Morgan fingerprint density at radius 1 is 1.23 bits per heavy atom. The summed E-state index contributed by atoms with van der Waals surface area (Å²) in [6, 6.07) is 5.22. The van der Waals surface area contributed by atoms with Gasteiger partial charge >= 0.3 is 0 Å². The van der Waals surface area contributed by atoms with E-state index in [-0.39, 0.29) is 17.7 Å². The maximum Gasteiger partial charge on any atom is 0.260 e. The highest BCUT2D eigenvalue weighted by Crippen LogP contribution is 2.29. The van der Waals surface area contributed by atoms with E-state index >= 15 is 0 Å². The van der Waals surface area contributed by atoms with Crippen LogP contribution in [0.1, 0.15) is 49.9 Å². The Morgan fingerprint density at radius 2 is 1.91 bits per heavy atom. The monoisotopic (exact) mass is 305 g/mol. The van der Waals surface area contributed by atoms with Crippen LogP contribution in [-0.2, 0) is 4.79 Å². The molecule has 0 unspecified atom stereocenters. The van der Waals surface area contributed by atoms with Crippen molar-refractivity contribution in [3.8, 4) is 11.5 Å². The second kappa shape index (κ2) is 7.29. The summed E-state index contributed by atoms with van der Waals surface area (Å²) in [4.78, 5) is 23.5. The molecule has 0 aliphatic heterocycles. The molecule has 1 saturated carbocycles. The van der Waals surface area contributed by atoms with E-state index in [1.54, 1.807) is 25.1 Å². The highest BCUT2D eigenvalue weighted by molar-refractivity contribution is 5.94. The zero-order valence-corrected chi connectivity index (χ0v) is 13.3. The summed E-state index contributed by atoms with van der Waals surface area (Å²) in [5.41, 5.74) is 0.548. The van der Waals surface area contributed by atoms with Crippen molar-refractivity contribution >= 4 is 11.7 Å². The summed E-state index contributed by atoms with van der Waals surface area (Å²) in [5, 5.41) is 3.01. The second-order valence-corrected chi connectivity index (χ2v) is 5.67. The molecule has 1 aromatic rings. The molecular formula is C17H23NO4. The number of Topliss-reactive ketones (excluding diaryl/α,β-unsaturated/α-hetero) is 1. The summed E-state index contributed by atoms with van der Waals surface area (Å²) < 4.78 is 10.9. The number of amides is 1. The molecule has 0 radical (unpaired) electrons. The first-order chi connectivity index (χ1) is 10.5. The molecule has 1 N–H and O–H groups in total. The van der Waals surface area contributed by atoms with Crippen molar-refractivity contribution in [3.05, 3.63) is 23.8 Å². The molecule has 5 nitrogen and oxygen atoms in total. The average Bonchev–Trinajstić information content (AvgIpc) is 3.00. The lowest BCUT2D eigenvalue weighted by molar-refractivity contribution is -0.128. The number of hydrogen-bond acceptors (Lipinski definition) is 4. The highest BCUT2D eigenvalue weighted by Gasteiger charge is 2.22. The summed E-state index contributed by atoms with van der Waals surface area (Å²) in [6.07, 6.45) is 3.79. The van der Waals surface area contributed by atoms with E-state index in [0.29, 0.717) is 17.1 Å². The molecule has 22 heavy (non-hydrogen) atoms. The van der Waals surface area contributed by atoms with Gasteiger partial charge in [0.2, 0.25) is 0 Å². The van der Waals surface area contributed by atoms with Gasteiger partial charge in [-0.3, -0.25) is 9.59 Å². The average molecular weight is 305 g/mol. The first-order valence-electron chi connectivity index (χ1n) is 7.67. The van der Waals surface area contributed by atoms with Crippen molar-refractivity contribution in [1.82, 2.24) is 5.32 Å². The Kier molecular flexibility index (Phi) is 5.41. The van der Waals surface area contributed by atoms with Gasteiger partial charge in [-0.15, -0.1) is 0 Å². The fourth-order valence-electron chi connectivity index (χ4n) is 2.62. The van der Waals surface area contributed by atoms with Crippen LogP contribution in [0.3, 0.4) is 0 Å². The molecule has 5 heteroatoms. The fourth-order valence-corrected chi connectivity index (χ4v) is 2.62. The van der Waals surface area contributed by atoms with Crippen LogP contribution in [-0.4, -0.2) is 30.9 Å². The first kappa shape index (κ1) is 16.3. The smallest absolute Gasteiger partial charge is 0.260 e. The number of hydrogen-bond donors (Lipinski definition) is 1. The minimum atomic E-state index is -0.613. The maximum atomic E-state index is 12.1. The van der Waals surface area contributed by atoms with E-state index in [4.69, 9.17) is 9.47 Å². The molecule has 0 aromatic heterocycles. The van der Waals surface area contributed by atoms with Crippen molar-refractivity contribution in [1.29, 1.82) is 0 Å². The predicted molar refractivity (Wildman–Crippen MR) is 83.5 cm³/mol. The van der Waals surface area contributed by atoms with E-state index < -0.39 is 6.10 Å². The molecular weight excluding hydrogens is 282 g/mol. The van der Waals surface area contributed by atoms with Crippen LogP contribution in [0.25, 0.3) is 0 Å². The van der Waals surface area contributed by atoms with Gasteiger partial charge in [-0.1, -0.05) is 12.8 Å². The number of carbonyl (C=O) groups is 2. The van der Waals surface area contributed by atoms with Crippen LogP contribution < -0.4 is 14.8 Å². The quantitative estimate of drug-likeness (QED) is 0.821. The molecule has 1 fully saturated rings. The molecule has 0 saturated heterocycles. The van der Waals surface area contributed by atoms with Gasteiger partial charge in [0.1, 0.15) is 0 Å². The minimum Gasteiger partial charge on any atom is -0.493 e. The van der Waals surface area contributed by atoms with Gasteiger partial charge in [-0.05, 0) is 44.9 Å². The number of rotatable bonds is 6. The van der Waals surface area contributed by atoms with Crippen molar-refractivity contribution in [2.45, 2.75) is 51.7 Å². The van der Waals surface area contributed by atoms with Gasteiger partial charge in [0.25, 0.3) is 5.91 Å². The topological polar surface area (TPSA) is 64.6 Å². The van der Waals surface area contributed by atoms with Crippen LogP contribution in [0, 0.1) is 0 Å². The summed E-state index contributed by atoms with van der Waals surface area (Å²) in [7, 11) is 1.51. The molecule has 1 aromatic carbocycles. The molecule has 1 atom stereocenters. The van der Waals surface area contributed by atoms with Crippen LogP contribution in [0.4, 0.5) is 0 Å². The lowest BCUT2D eigenvalue weighted by atomic mass is 10.1. The molecule has 1 aliphatic rings. The van der Waals surface area contributed by atoms with Gasteiger partial charge in [0.05, 0.1) is 7.11 Å². The van der Waals surface area contributed by atoms with Crippen LogP contribution in [0.5, 0.6) is 11.5 Å². The largest absolute Gasteiger partial charge is 0.493 e. The Labute approximate surface area is 131 Å². The van der Waals surface area contributed by atoms with E-state index in [1.807, 2.05) is 0 Å². The Bertz CT molecular complexity index is 550. The van der Waals surface area contributed by atoms with E-state index in [2.05, 4.69) is 5.32 Å². The third-order valence-electron chi connectivity index (χ3n) is 3.94. The van der Waals surface area contributed by atoms with E-state index in [1.165, 1.54) is 26.9 Å². The normalized spacial score (nSPS) is 16.1. The van der Waals surface area contributed by atoms with E-state index in [0.717, 1.165) is 12.8 Å². The number of ketones is 1. The van der Waals surface area contributed by atoms with Crippen LogP contribution in [0.15, 0.2) is 18.2 Å². The first-order valence-corrected chi connectivity index (χ1v) is 7.67. The molecule has 0 bridgehead atoms. The zero-order valence-electron chi connectivity index (χ0n) is 13.3. The molecule has 1 aliphatic carbocycles. The number of ether oxygens (including phenoxy) is 2. The number of nitrogens with one attached hydrogen (secondary N) is 1. The lowest BCUT2D eigenvalue weighted by Gasteiger charge is -2.19. The van der Waals surface area contributed by atoms with Crippen molar-refractivity contribution in [3.63, 3.8) is 0 Å².